The van der Waals surface area contributed by atoms with Gasteiger partial charge in [0.05, 0.1) is 6.20 Å². The maximum Gasteiger partial charge on any atom is 0.326 e. The molecule has 1 saturated carbocycles. The Morgan fingerprint density at radius 3 is 2.79 bits per heavy atom. The van der Waals surface area contributed by atoms with Crippen LogP contribution in [0.5, 0.6) is 0 Å². The first kappa shape index (κ1) is 12.2. The molecule has 2 aliphatic rings. The summed E-state index contributed by atoms with van der Waals surface area (Å²) in [6.45, 7) is 0. The van der Waals surface area contributed by atoms with Crippen molar-refractivity contribution in [3.63, 3.8) is 0 Å². The summed E-state index contributed by atoms with van der Waals surface area (Å²) in [5.74, 6) is -0.380. The van der Waals surface area contributed by atoms with E-state index in [0.717, 1.165) is 12.8 Å². The van der Waals surface area contributed by atoms with E-state index in [-0.39, 0.29) is 5.56 Å². The van der Waals surface area contributed by atoms with E-state index >= 15 is 0 Å². The molecule has 1 unspecified atom stereocenters. The lowest BCUT2D eigenvalue weighted by atomic mass is 10.2. The quantitative estimate of drug-likeness (QED) is 0.855. The van der Waals surface area contributed by atoms with Gasteiger partial charge in [0.15, 0.2) is 0 Å². The highest BCUT2D eigenvalue weighted by Crippen LogP contribution is 2.24. The molecule has 1 aromatic heterocycles. The number of anilines is 1. The molecule has 0 spiro atoms. The summed E-state index contributed by atoms with van der Waals surface area (Å²) in [5, 5.41) is 12.4. The molecule has 0 bridgehead atoms. The Kier molecular flexibility index (Phi) is 3.00. The Balaban J connectivity index is 1.93. The third-order valence-electron chi connectivity index (χ3n) is 4.02. The van der Waals surface area contributed by atoms with Crippen molar-refractivity contribution in [3.8, 4) is 0 Å². The van der Waals surface area contributed by atoms with Gasteiger partial charge in [-0.2, -0.15) is 0 Å². The fourth-order valence-electron chi connectivity index (χ4n) is 3.03. The van der Waals surface area contributed by atoms with Crippen LogP contribution in [0.2, 0.25) is 0 Å². The number of nitrogens with one attached hydrogen (secondary N) is 1. The smallest absolute Gasteiger partial charge is 0.326 e. The van der Waals surface area contributed by atoms with Gasteiger partial charge in [-0.3, -0.25) is 9.36 Å². The third kappa shape index (κ3) is 2.11. The van der Waals surface area contributed by atoms with Crippen LogP contribution in [-0.2, 0) is 11.2 Å². The van der Waals surface area contributed by atoms with E-state index in [1.807, 2.05) is 0 Å². The van der Waals surface area contributed by atoms with Crippen molar-refractivity contribution < 1.29 is 9.90 Å². The van der Waals surface area contributed by atoms with E-state index in [0.29, 0.717) is 30.4 Å². The Morgan fingerprint density at radius 2 is 2.11 bits per heavy atom. The van der Waals surface area contributed by atoms with Crippen LogP contribution in [0.25, 0.3) is 0 Å². The molecule has 0 saturated heterocycles. The minimum atomic E-state index is -0.958. The second-order valence-electron chi connectivity index (χ2n) is 5.28. The number of aromatic nitrogens is 2. The van der Waals surface area contributed by atoms with Crippen LogP contribution < -0.4 is 10.9 Å². The number of aliphatic carboxylic acids is 1. The van der Waals surface area contributed by atoms with Crippen molar-refractivity contribution in [1.82, 2.24) is 9.55 Å². The van der Waals surface area contributed by atoms with Gasteiger partial charge in [-0.1, -0.05) is 12.8 Å². The second-order valence-corrected chi connectivity index (χ2v) is 5.28. The maximum atomic E-state index is 12.4. The van der Waals surface area contributed by atoms with Gasteiger partial charge < -0.3 is 10.4 Å². The summed E-state index contributed by atoms with van der Waals surface area (Å²) >= 11 is 0. The highest BCUT2D eigenvalue weighted by molar-refractivity contribution is 5.72. The topological polar surface area (TPSA) is 84.2 Å². The van der Waals surface area contributed by atoms with E-state index in [1.165, 1.54) is 17.4 Å². The lowest BCUT2D eigenvalue weighted by molar-refractivity contribution is -0.140. The van der Waals surface area contributed by atoms with Crippen molar-refractivity contribution in [1.29, 1.82) is 0 Å². The largest absolute Gasteiger partial charge is 0.480 e. The SMILES string of the molecule is O=C(O)C1CCc2ncc(NC3CCCC3)c(=O)n21. The molecule has 1 fully saturated rings. The number of carboxylic acid groups (broad SMARTS) is 1. The molecule has 0 amide bonds. The van der Waals surface area contributed by atoms with Crippen molar-refractivity contribution in [2.24, 2.45) is 0 Å². The van der Waals surface area contributed by atoms with Crippen LogP contribution in [0.15, 0.2) is 11.0 Å². The van der Waals surface area contributed by atoms with Gasteiger partial charge in [0.25, 0.3) is 5.56 Å². The zero-order valence-corrected chi connectivity index (χ0v) is 10.6. The molecule has 0 radical (unpaired) electrons. The molecule has 6 nitrogen and oxygen atoms in total. The van der Waals surface area contributed by atoms with Gasteiger partial charge in [0, 0.05) is 12.5 Å². The normalized spacial score (nSPS) is 22.4. The zero-order chi connectivity index (χ0) is 13.4. The molecule has 2 N–H and O–H groups in total. The minimum absolute atomic E-state index is 0.248. The average molecular weight is 263 g/mol. The predicted molar refractivity (Wildman–Crippen MR) is 69.4 cm³/mol. The molecule has 1 aliphatic heterocycles. The highest BCUT2D eigenvalue weighted by atomic mass is 16.4. The Bertz CT molecular complexity index is 561. The molecule has 19 heavy (non-hydrogen) atoms. The molecule has 1 aliphatic carbocycles. The van der Waals surface area contributed by atoms with Crippen LogP contribution in [0.3, 0.4) is 0 Å². The lowest BCUT2D eigenvalue weighted by Gasteiger charge is -2.15. The molecule has 2 heterocycles. The molecule has 1 aromatic rings. The standard InChI is InChI=1S/C13H17N3O3/c17-12-9(15-8-3-1-2-4-8)7-14-11-6-5-10(13(18)19)16(11)12/h7-8,10,15H,1-6H2,(H,18,19). The molecule has 6 heteroatoms. The summed E-state index contributed by atoms with van der Waals surface area (Å²) < 4.78 is 1.33. The van der Waals surface area contributed by atoms with E-state index in [2.05, 4.69) is 10.3 Å². The van der Waals surface area contributed by atoms with Gasteiger partial charge in [0.1, 0.15) is 17.6 Å². The maximum absolute atomic E-state index is 12.4. The van der Waals surface area contributed by atoms with Gasteiger partial charge in [-0.15, -0.1) is 0 Å². The number of hydrogen-bond acceptors (Lipinski definition) is 4. The van der Waals surface area contributed by atoms with Gasteiger partial charge in [-0.25, -0.2) is 9.78 Å². The van der Waals surface area contributed by atoms with Gasteiger partial charge in [0.2, 0.25) is 0 Å². The molecule has 102 valence electrons. The van der Waals surface area contributed by atoms with Crippen molar-refractivity contribution in [3.05, 3.63) is 22.4 Å². The van der Waals surface area contributed by atoms with Crippen LogP contribution >= 0.6 is 0 Å². The van der Waals surface area contributed by atoms with Crippen LogP contribution in [0.1, 0.15) is 44.0 Å². The Hall–Kier alpha value is -1.85. The van der Waals surface area contributed by atoms with Crippen LogP contribution in [0.4, 0.5) is 5.69 Å². The van der Waals surface area contributed by atoms with E-state index in [9.17, 15) is 9.59 Å². The first-order chi connectivity index (χ1) is 9.16. The number of carbonyl (C=O) groups is 1. The highest BCUT2D eigenvalue weighted by Gasteiger charge is 2.31. The van der Waals surface area contributed by atoms with E-state index in [4.69, 9.17) is 5.11 Å². The van der Waals surface area contributed by atoms with Crippen LogP contribution in [0, 0.1) is 0 Å². The minimum Gasteiger partial charge on any atom is -0.480 e. The summed E-state index contributed by atoms with van der Waals surface area (Å²) in [6, 6.07) is -0.446. The van der Waals surface area contributed by atoms with Gasteiger partial charge in [-0.05, 0) is 19.3 Å². The molecule has 1 atom stereocenters. The molecule has 3 rings (SSSR count). The summed E-state index contributed by atoms with van der Waals surface area (Å²) in [4.78, 5) is 27.8. The number of carboxylic acids is 1. The fraction of sp³-hybridized carbons (Fsp3) is 0.615. The summed E-state index contributed by atoms with van der Waals surface area (Å²) in [5.41, 5.74) is 0.186. The lowest BCUT2D eigenvalue weighted by Crippen LogP contribution is -2.31. The number of fused-ring (bicyclic) bond motifs is 1. The van der Waals surface area contributed by atoms with Crippen molar-refractivity contribution in [2.75, 3.05) is 5.32 Å². The Labute approximate surface area is 110 Å². The summed E-state index contributed by atoms with van der Waals surface area (Å²) in [6.07, 6.45) is 7.02. The number of nitrogens with zero attached hydrogens (tertiary/aromatic N) is 2. The predicted octanol–water partition coefficient (Wildman–Crippen LogP) is 1.17. The fourth-order valence-corrected chi connectivity index (χ4v) is 3.03. The van der Waals surface area contributed by atoms with Crippen LogP contribution in [-0.4, -0.2) is 26.7 Å². The van der Waals surface area contributed by atoms with E-state index in [1.54, 1.807) is 6.20 Å². The number of hydrogen-bond donors (Lipinski definition) is 2. The molecular weight excluding hydrogens is 246 g/mol. The Morgan fingerprint density at radius 1 is 1.37 bits per heavy atom. The zero-order valence-electron chi connectivity index (χ0n) is 10.6. The van der Waals surface area contributed by atoms with Crippen molar-refractivity contribution >= 4 is 11.7 Å². The first-order valence-corrected chi connectivity index (χ1v) is 6.76. The van der Waals surface area contributed by atoms with Gasteiger partial charge >= 0.3 is 5.97 Å². The second kappa shape index (κ2) is 4.68. The van der Waals surface area contributed by atoms with Crippen molar-refractivity contribution in [2.45, 2.75) is 50.6 Å². The first-order valence-electron chi connectivity index (χ1n) is 6.76. The number of aryl methyl sites for hydroxylation is 1. The summed E-state index contributed by atoms with van der Waals surface area (Å²) in [7, 11) is 0. The monoisotopic (exact) mass is 263 g/mol. The average Bonchev–Trinajstić information content (AvgIpc) is 3.01. The molecule has 0 aromatic carbocycles. The van der Waals surface area contributed by atoms with E-state index < -0.39 is 12.0 Å². The number of rotatable bonds is 3. The third-order valence-corrected chi connectivity index (χ3v) is 4.02. The molecular formula is C13H17N3O3.